The van der Waals surface area contributed by atoms with Crippen LogP contribution in [0.3, 0.4) is 0 Å². The van der Waals surface area contributed by atoms with E-state index in [-0.39, 0.29) is 11.5 Å². The molecule has 0 aliphatic carbocycles. The normalized spacial score (nSPS) is 15.8. The molecule has 2 heterocycles. The van der Waals surface area contributed by atoms with Gasteiger partial charge in [-0.1, -0.05) is 0 Å². The Bertz CT molecular complexity index is 455. The number of piperazine rings is 1. The smallest absolute Gasteiger partial charge is 0.255 e. The molecule has 6 heteroatoms. The van der Waals surface area contributed by atoms with Gasteiger partial charge in [-0.05, 0) is 6.07 Å². The highest BCUT2D eigenvalue weighted by Crippen LogP contribution is 2.05. The van der Waals surface area contributed by atoms with Gasteiger partial charge in [-0.15, -0.1) is 0 Å². The summed E-state index contributed by atoms with van der Waals surface area (Å²) in [6.45, 7) is 2.16. The van der Waals surface area contributed by atoms with Gasteiger partial charge >= 0.3 is 0 Å². The van der Waals surface area contributed by atoms with E-state index in [1.165, 1.54) is 18.3 Å². The fraction of sp³-hybridized carbons (Fsp3) is 0.364. The van der Waals surface area contributed by atoms with Crippen molar-refractivity contribution >= 4 is 12.3 Å². The minimum Gasteiger partial charge on any atom is -0.342 e. The number of hydrogen-bond donors (Lipinski definition) is 1. The van der Waals surface area contributed by atoms with Crippen LogP contribution in [0.4, 0.5) is 0 Å². The topological polar surface area (TPSA) is 73.5 Å². The molecule has 1 saturated heterocycles. The standard InChI is InChI=1S/C11H13N3O3/c15-8-13-3-5-14(6-4-13)11(17)9-1-2-10(16)12-7-9/h1-2,7-8H,3-6H2,(H,12,16). The van der Waals surface area contributed by atoms with Crippen LogP contribution in [0.2, 0.25) is 0 Å². The van der Waals surface area contributed by atoms with Gasteiger partial charge in [0.1, 0.15) is 0 Å². The van der Waals surface area contributed by atoms with E-state index in [0.717, 1.165) is 6.41 Å². The van der Waals surface area contributed by atoms with Crippen LogP contribution in [0.15, 0.2) is 23.1 Å². The predicted molar refractivity (Wildman–Crippen MR) is 60.6 cm³/mol. The molecule has 1 aromatic heterocycles. The summed E-state index contributed by atoms with van der Waals surface area (Å²) >= 11 is 0. The Labute approximate surface area is 97.8 Å². The number of carbonyl (C=O) groups excluding carboxylic acids is 2. The molecule has 0 unspecified atom stereocenters. The molecule has 0 saturated carbocycles. The van der Waals surface area contributed by atoms with E-state index in [9.17, 15) is 14.4 Å². The number of nitrogens with one attached hydrogen (secondary N) is 1. The van der Waals surface area contributed by atoms with Crippen LogP contribution >= 0.6 is 0 Å². The lowest BCUT2D eigenvalue weighted by atomic mass is 10.2. The molecule has 1 aliphatic heterocycles. The second-order valence-corrected chi connectivity index (χ2v) is 3.88. The summed E-state index contributed by atoms with van der Waals surface area (Å²) in [5.41, 5.74) is 0.233. The molecule has 6 nitrogen and oxygen atoms in total. The number of amides is 2. The highest BCUT2D eigenvalue weighted by Gasteiger charge is 2.21. The van der Waals surface area contributed by atoms with Crippen LogP contribution in [0.25, 0.3) is 0 Å². The van der Waals surface area contributed by atoms with Crippen LogP contribution in [-0.2, 0) is 4.79 Å². The molecule has 1 aromatic rings. The van der Waals surface area contributed by atoms with Crippen molar-refractivity contribution in [1.82, 2.24) is 14.8 Å². The monoisotopic (exact) mass is 235 g/mol. The Balaban J connectivity index is 2.04. The van der Waals surface area contributed by atoms with E-state index in [0.29, 0.717) is 31.7 Å². The first kappa shape index (κ1) is 11.4. The molecule has 2 rings (SSSR count). The molecule has 0 radical (unpaired) electrons. The fourth-order valence-corrected chi connectivity index (χ4v) is 1.76. The van der Waals surface area contributed by atoms with Crippen molar-refractivity contribution in [1.29, 1.82) is 0 Å². The zero-order valence-electron chi connectivity index (χ0n) is 9.26. The van der Waals surface area contributed by atoms with Gasteiger partial charge in [0.2, 0.25) is 12.0 Å². The summed E-state index contributed by atoms with van der Waals surface area (Å²) in [6, 6.07) is 2.84. The van der Waals surface area contributed by atoms with Crippen LogP contribution < -0.4 is 5.56 Å². The zero-order chi connectivity index (χ0) is 12.3. The first-order valence-electron chi connectivity index (χ1n) is 5.38. The SMILES string of the molecule is O=CN1CCN(C(=O)c2ccc(=O)[nH]c2)CC1. The van der Waals surface area contributed by atoms with Gasteiger partial charge in [-0.3, -0.25) is 14.4 Å². The first-order valence-corrected chi connectivity index (χ1v) is 5.38. The first-order chi connectivity index (χ1) is 8.20. The molecule has 0 spiro atoms. The van der Waals surface area contributed by atoms with Crippen LogP contribution in [-0.4, -0.2) is 53.3 Å². The lowest BCUT2D eigenvalue weighted by molar-refractivity contribution is -0.119. The van der Waals surface area contributed by atoms with Crippen LogP contribution in [0.1, 0.15) is 10.4 Å². The maximum atomic E-state index is 12.0. The zero-order valence-corrected chi connectivity index (χ0v) is 9.26. The molecule has 1 fully saturated rings. The van der Waals surface area contributed by atoms with Crippen molar-refractivity contribution < 1.29 is 9.59 Å². The highest BCUT2D eigenvalue weighted by atomic mass is 16.2. The van der Waals surface area contributed by atoms with Crippen molar-refractivity contribution in [2.75, 3.05) is 26.2 Å². The largest absolute Gasteiger partial charge is 0.342 e. The summed E-state index contributed by atoms with van der Waals surface area (Å²) in [7, 11) is 0. The van der Waals surface area contributed by atoms with Crippen LogP contribution in [0, 0.1) is 0 Å². The average Bonchev–Trinajstić information content (AvgIpc) is 2.39. The second-order valence-electron chi connectivity index (χ2n) is 3.88. The summed E-state index contributed by atoms with van der Waals surface area (Å²) in [6.07, 6.45) is 2.21. The average molecular weight is 235 g/mol. The van der Waals surface area contributed by atoms with Crippen molar-refractivity contribution in [2.45, 2.75) is 0 Å². The minimum atomic E-state index is -0.229. The number of pyridine rings is 1. The molecule has 90 valence electrons. The van der Waals surface area contributed by atoms with Crippen molar-refractivity contribution in [2.24, 2.45) is 0 Å². The molecule has 1 aliphatic rings. The van der Waals surface area contributed by atoms with E-state index < -0.39 is 0 Å². The van der Waals surface area contributed by atoms with Gasteiger partial charge in [0, 0.05) is 38.4 Å². The Hall–Kier alpha value is -2.11. The molecule has 1 N–H and O–H groups in total. The third-order valence-corrected chi connectivity index (χ3v) is 2.78. The second kappa shape index (κ2) is 4.82. The van der Waals surface area contributed by atoms with E-state index in [2.05, 4.69) is 4.98 Å². The van der Waals surface area contributed by atoms with Gasteiger partial charge in [0.25, 0.3) is 5.91 Å². The fourth-order valence-electron chi connectivity index (χ4n) is 1.76. The number of carbonyl (C=O) groups is 2. The highest BCUT2D eigenvalue weighted by molar-refractivity contribution is 5.93. The Morgan fingerprint density at radius 1 is 1.24 bits per heavy atom. The molecular weight excluding hydrogens is 222 g/mol. The quantitative estimate of drug-likeness (QED) is 0.688. The van der Waals surface area contributed by atoms with Crippen molar-refractivity contribution in [3.63, 3.8) is 0 Å². The number of hydrogen-bond acceptors (Lipinski definition) is 3. The van der Waals surface area contributed by atoms with E-state index in [4.69, 9.17) is 0 Å². The molecule has 17 heavy (non-hydrogen) atoms. The Morgan fingerprint density at radius 2 is 1.94 bits per heavy atom. The Kier molecular flexibility index (Phi) is 3.22. The molecule has 0 atom stereocenters. The number of rotatable bonds is 2. The lowest BCUT2D eigenvalue weighted by Crippen LogP contribution is -2.48. The predicted octanol–water partition coefficient (Wildman–Crippen LogP) is -0.711. The number of H-pyrrole nitrogens is 1. The summed E-state index contributed by atoms with van der Waals surface area (Å²) in [5.74, 6) is -0.119. The molecule has 2 amide bonds. The van der Waals surface area contributed by atoms with Gasteiger partial charge in [0.05, 0.1) is 5.56 Å². The summed E-state index contributed by atoms with van der Waals surface area (Å²) < 4.78 is 0. The number of nitrogens with zero attached hydrogens (tertiary/aromatic N) is 2. The van der Waals surface area contributed by atoms with Gasteiger partial charge < -0.3 is 14.8 Å². The lowest BCUT2D eigenvalue weighted by Gasteiger charge is -2.32. The molecule has 0 aromatic carbocycles. The van der Waals surface area contributed by atoms with E-state index >= 15 is 0 Å². The van der Waals surface area contributed by atoms with E-state index in [1.807, 2.05) is 0 Å². The molecule has 0 bridgehead atoms. The van der Waals surface area contributed by atoms with Crippen LogP contribution in [0.5, 0.6) is 0 Å². The number of aromatic amines is 1. The van der Waals surface area contributed by atoms with Crippen molar-refractivity contribution in [3.05, 3.63) is 34.2 Å². The van der Waals surface area contributed by atoms with E-state index in [1.54, 1.807) is 9.80 Å². The van der Waals surface area contributed by atoms with Gasteiger partial charge in [-0.25, -0.2) is 0 Å². The summed E-state index contributed by atoms with van der Waals surface area (Å²) in [5, 5.41) is 0. The summed E-state index contributed by atoms with van der Waals surface area (Å²) in [4.78, 5) is 39.2. The third kappa shape index (κ3) is 2.52. The van der Waals surface area contributed by atoms with Crippen molar-refractivity contribution in [3.8, 4) is 0 Å². The maximum absolute atomic E-state index is 12.0. The minimum absolute atomic E-state index is 0.119. The number of aromatic nitrogens is 1. The van der Waals surface area contributed by atoms with Gasteiger partial charge in [-0.2, -0.15) is 0 Å². The third-order valence-electron chi connectivity index (χ3n) is 2.78. The molecular formula is C11H13N3O3. The maximum Gasteiger partial charge on any atom is 0.255 e. The van der Waals surface area contributed by atoms with Gasteiger partial charge in [0.15, 0.2) is 0 Å². The Morgan fingerprint density at radius 3 is 2.47 bits per heavy atom.